The molecule has 0 aliphatic carbocycles. The van der Waals surface area contributed by atoms with Gasteiger partial charge in [0.1, 0.15) is 17.5 Å². The molecular weight excluding hydrogens is 352 g/mol. The number of anilines is 4. The standard InChI is InChI=1S/C22H24N4O2/c1-14-23-19(25-16-11-9-15(10-12-16)22(2,3)4)13-20(24-14)26-18-8-6-5-7-17(18)21(27)28/h5-13H,1-4H3,(H,27,28)(H2,23,24,25,26). The van der Waals surface area contributed by atoms with E-state index in [1.807, 2.05) is 12.1 Å². The van der Waals surface area contributed by atoms with Gasteiger partial charge >= 0.3 is 5.97 Å². The molecule has 28 heavy (non-hydrogen) atoms. The van der Waals surface area contributed by atoms with Crippen molar-refractivity contribution in [2.75, 3.05) is 10.6 Å². The number of carboxylic acids is 1. The highest BCUT2D eigenvalue weighted by Gasteiger charge is 2.13. The SMILES string of the molecule is Cc1nc(Nc2ccc(C(C)(C)C)cc2)cc(Nc2ccccc2C(=O)O)n1. The number of carboxylic acid groups (broad SMARTS) is 1. The van der Waals surface area contributed by atoms with Crippen molar-refractivity contribution < 1.29 is 9.90 Å². The normalized spacial score (nSPS) is 11.1. The summed E-state index contributed by atoms with van der Waals surface area (Å²) < 4.78 is 0. The molecule has 0 unspecified atom stereocenters. The Labute approximate surface area is 164 Å². The van der Waals surface area contributed by atoms with Crippen molar-refractivity contribution in [3.63, 3.8) is 0 Å². The summed E-state index contributed by atoms with van der Waals surface area (Å²) in [5, 5.41) is 15.7. The molecule has 0 radical (unpaired) electrons. The van der Waals surface area contributed by atoms with E-state index in [0.717, 1.165) is 5.69 Å². The minimum atomic E-state index is -0.994. The largest absolute Gasteiger partial charge is 0.478 e. The second-order valence-corrected chi connectivity index (χ2v) is 7.61. The van der Waals surface area contributed by atoms with Gasteiger partial charge in [-0.25, -0.2) is 14.8 Å². The molecule has 1 heterocycles. The highest BCUT2D eigenvalue weighted by atomic mass is 16.4. The number of nitrogens with zero attached hydrogens (tertiary/aromatic N) is 2. The number of carbonyl (C=O) groups is 1. The molecule has 0 saturated carbocycles. The summed E-state index contributed by atoms with van der Waals surface area (Å²) in [6.07, 6.45) is 0. The molecule has 3 rings (SSSR count). The lowest BCUT2D eigenvalue weighted by Crippen LogP contribution is -2.10. The van der Waals surface area contributed by atoms with Crippen LogP contribution in [0.5, 0.6) is 0 Å². The van der Waals surface area contributed by atoms with Crippen molar-refractivity contribution in [1.29, 1.82) is 0 Å². The van der Waals surface area contributed by atoms with Gasteiger partial charge in [0.15, 0.2) is 0 Å². The van der Waals surface area contributed by atoms with E-state index in [2.05, 4.69) is 53.5 Å². The number of benzene rings is 2. The minimum Gasteiger partial charge on any atom is -0.478 e. The van der Waals surface area contributed by atoms with Crippen molar-refractivity contribution in [2.24, 2.45) is 0 Å². The molecule has 0 aliphatic heterocycles. The highest BCUT2D eigenvalue weighted by molar-refractivity contribution is 5.95. The second-order valence-electron chi connectivity index (χ2n) is 7.61. The third kappa shape index (κ3) is 4.65. The van der Waals surface area contributed by atoms with Gasteiger partial charge in [0, 0.05) is 11.8 Å². The van der Waals surface area contributed by atoms with Gasteiger partial charge in [-0.05, 0) is 42.2 Å². The zero-order valence-electron chi connectivity index (χ0n) is 16.4. The molecule has 144 valence electrons. The van der Waals surface area contributed by atoms with Crippen molar-refractivity contribution in [1.82, 2.24) is 9.97 Å². The molecule has 1 aromatic heterocycles. The zero-order chi connectivity index (χ0) is 20.3. The Hall–Kier alpha value is -3.41. The Morgan fingerprint density at radius 3 is 2.14 bits per heavy atom. The van der Waals surface area contributed by atoms with Crippen LogP contribution in [0.15, 0.2) is 54.6 Å². The van der Waals surface area contributed by atoms with E-state index in [9.17, 15) is 9.90 Å². The van der Waals surface area contributed by atoms with E-state index in [-0.39, 0.29) is 11.0 Å². The van der Waals surface area contributed by atoms with Gasteiger partial charge in [0.25, 0.3) is 0 Å². The Balaban J connectivity index is 1.83. The summed E-state index contributed by atoms with van der Waals surface area (Å²) >= 11 is 0. The molecule has 0 aliphatic rings. The predicted molar refractivity (Wildman–Crippen MR) is 112 cm³/mol. The first-order valence-electron chi connectivity index (χ1n) is 9.05. The van der Waals surface area contributed by atoms with E-state index in [1.54, 1.807) is 37.3 Å². The number of hydrogen-bond donors (Lipinski definition) is 3. The number of nitrogens with one attached hydrogen (secondary N) is 2. The van der Waals surface area contributed by atoms with Crippen LogP contribution in [0.25, 0.3) is 0 Å². The summed E-state index contributed by atoms with van der Waals surface area (Å²) in [7, 11) is 0. The molecule has 0 spiro atoms. The molecule has 0 amide bonds. The molecule has 6 heteroatoms. The van der Waals surface area contributed by atoms with Gasteiger partial charge in [-0.3, -0.25) is 0 Å². The van der Waals surface area contributed by atoms with Crippen LogP contribution in [0.2, 0.25) is 0 Å². The lowest BCUT2D eigenvalue weighted by molar-refractivity contribution is 0.0698. The molecule has 2 aromatic carbocycles. The summed E-state index contributed by atoms with van der Waals surface area (Å²) in [6.45, 7) is 8.32. The van der Waals surface area contributed by atoms with E-state index in [0.29, 0.717) is 23.1 Å². The number of hydrogen-bond acceptors (Lipinski definition) is 5. The Morgan fingerprint density at radius 2 is 1.54 bits per heavy atom. The second kappa shape index (κ2) is 7.68. The monoisotopic (exact) mass is 376 g/mol. The molecular formula is C22H24N4O2. The molecule has 0 saturated heterocycles. The van der Waals surface area contributed by atoms with Gasteiger partial charge < -0.3 is 15.7 Å². The number of aromatic carboxylic acids is 1. The Kier molecular flexibility index (Phi) is 5.31. The summed E-state index contributed by atoms with van der Waals surface area (Å²) in [5.41, 5.74) is 2.94. The molecule has 3 N–H and O–H groups in total. The quantitative estimate of drug-likeness (QED) is 0.562. The van der Waals surface area contributed by atoms with Crippen molar-refractivity contribution >= 4 is 29.0 Å². The van der Waals surface area contributed by atoms with Crippen LogP contribution in [0.3, 0.4) is 0 Å². The topological polar surface area (TPSA) is 87.1 Å². The summed E-state index contributed by atoms with van der Waals surface area (Å²) in [6, 6.07) is 16.7. The van der Waals surface area contributed by atoms with Crippen LogP contribution in [-0.2, 0) is 5.41 Å². The first-order chi connectivity index (χ1) is 13.2. The van der Waals surface area contributed by atoms with Crippen LogP contribution < -0.4 is 10.6 Å². The summed E-state index contributed by atoms with van der Waals surface area (Å²) in [4.78, 5) is 20.2. The molecule has 0 fully saturated rings. The van der Waals surface area contributed by atoms with E-state index >= 15 is 0 Å². The zero-order valence-corrected chi connectivity index (χ0v) is 16.4. The van der Waals surface area contributed by atoms with Crippen LogP contribution >= 0.6 is 0 Å². The van der Waals surface area contributed by atoms with Gasteiger partial charge in [-0.1, -0.05) is 45.0 Å². The van der Waals surface area contributed by atoms with Crippen LogP contribution in [0, 0.1) is 6.92 Å². The molecule has 6 nitrogen and oxygen atoms in total. The number of para-hydroxylation sites is 1. The highest BCUT2D eigenvalue weighted by Crippen LogP contribution is 2.26. The van der Waals surface area contributed by atoms with Crippen LogP contribution in [0.1, 0.15) is 42.5 Å². The van der Waals surface area contributed by atoms with Crippen LogP contribution in [-0.4, -0.2) is 21.0 Å². The Morgan fingerprint density at radius 1 is 0.929 bits per heavy atom. The number of aromatic nitrogens is 2. The fraction of sp³-hybridized carbons (Fsp3) is 0.227. The van der Waals surface area contributed by atoms with E-state index in [4.69, 9.17) is 0 Å². The van der Waals surface area contributed by atoms with Crippen molar-refractivity contribution in [3.8, 4) is 0 Å². The molecule has 0 bridgehead atoms. The maximum atomic E-state index is 11.4. The smallest absolute Gasteiger partial charge is 0.337 e. The molecule has 0 atom stereocenters. The van der Waals surface area contributed by atoms with E-state index in [1.165, 1.54) is 5.56 Å². The third-order valence-electron chi connectivity index (χ3n) is 4.28. The van der Waals surface area contributed by atoms with Gasteiger partial charge in [0.05, 0.1) is 11.3 Å². The first kappa shape index (κ1) is 19.4. The first-order valence-corrected chi connectivity index (χ1v) is 9.05. The summed E-state index contributed by atoms with van der Waals surface area (Å²) in [5.74, 6) is 0.735. The number of aryl methyl sites for hydroxylation is 1. The van der Waals surface area contributed by atoms with Gasteiger partial charge in [0.2, 0.25) is 0 Å². The maximum Gasteiger partial charge on any atom is 0.337 e. The van der Waals surface area contributed by atoms with Crippen molar-refractivity contribution in [2.45, 2.75) is 33.1 Å². The van der Waals surface area contributed by atoms with Crippen LogP contribution in [0.4, 0.5) is 23.0 Å². The third-order valence-corrected chi connectivity index (χ3v) is 4.28. The lowest BCUT2D eigenvalue weighted by atomic mass is 9.87. The number of rotatable bonds is 5. The molecule has 3 aromatic rings. The maximum absolute atomic E-state index is 11.4. The van der Waals surface area contributed by atoms with Gasteiger partial charge in [-0.2, -0.15) is 0 Å². The van der Waals surface area contributed by atoms with E-state index < -0.39 is 5.97 Å². The minimum absolute atomic E-state index is 0.0959. The Bertz CT molecular complexity index is 992. The fourth-order valence-electron chi connectivity index (χ4n) is 2.81. The van der Waals surface area contributed by atoms with Gasteiger partial charge in [-0.15, -0.1) is 0 Å². The van der Waals surface area contributed by atoms with Crippen molar-refractivity contribution in [3.05, 3.63) is 71.5 Å². The lowest BCUT2D eigenvalue weighted by Gasteiger charge is -2.19. The fourth-order valence-corrected chi connectivity index (χ4v) is 2.81. The average molecular weight is 376 g/mol. The average Bonchev–Trinajstić information content (AvgIpc) is 2.61. The predicted octanol–water partition coefficient (Wildman–Crippen LogP) is 5.27.